The lowest BCUT2D eigenvalue weighted by molar-refractivity contribution is -0.151. The Morgan fingerprint density at radius 2 is 2.31 bits per heavy atom. The summed E-state index contributed by atoms with van der Waals surface area (Å²) in [6, 6.07) is -0.367. The normalized spacial score (nSPS) is 28.9. The van der Waals surface area contributed by atoms with E-state index in [1.165, 1.54) is 0 Å². The molecule has 0 aromatic heterocycles. The number of aliphatic hydroxyl groups is 1. The summed E-state index contributed by atoms with van der Waals surface area (Å²) in [6.07, 6.45) is 1.22. The fourth-order valence-corrected chi connectivity index (χ4v) is 2.09. The van der Waals surface area contributed by atoms with Crippen molar-refractivity contribution >= 4 is 5.97 Å². The topological polar surface area (TPSA) is 70.0 Å². The number of hydrogen-bond donors (Lipinski definition) is 2. The predicted molar refractivity (Wildman–Crippen MR) is 59.3 cm³/mol. The van der Waals surface area contributed by atoms with Gasteiger partial charge in [0.15, 0.2) is 0 Å². The SMILES string of the molecule is CCCC(C(=O)O)N1CC(CO)OCC1C. The Morgan fingerprint density at radius 3 is 2.81 bits per heavy atom. The molecule has 1 heterocycles. The van der Waals surface area contributed by atoms with Crippen LogP contribution in [-0.2, 0) is 9.53 Å². The lowest BCUT2D eigenvalue weighted by Gasteiger charge is -2.40. The minimum atomic E-state index is -0.785. The highest BCUT2D eigenvalue weighted by Gasteiger charge is 2.34. The Balaban J connectivity index is 2.68. The van der Waals surface area contributed by atoms with Gasteiger partial charge in [-0.2, -0.15) is 0 Å². The molecule has 1 rings (SSSR count). The molecular formula is C11H21NO4. The van der Waals surface area contributed by atoms with Crippen molar-refractivity contribution in [3.8, 4) is 0 Å². The van der Waals surface area contributed by atoms with Gasteiger partial charge >= 0.3 is 5.97 Å². The van der Waals surface area contributed by atoms with Gasteiger partial charge in [0.25, 0.3) is 0 Å². The second-order valence-electron chi connectivity index (χ2n) is 4.33. The summed E-state index contributed by atoms with van der Waals surface area (Å²) in [7, 11) is 0. The highest BCUT2D eigenvalue weighted by atomic mass is 16.5. The van der Waals surface area contributed by atoms with Gasteiger partial charge in [-0.25, -0.2) is 0 Å². The number of aliphatic carboxylic acids is 1. The first-order valence-electron chi connectivity index (χ1n) is 5.81. The summed E-state index contributed by atoms with van der Waals surface area (Å²) in [5, 5.41) is 18.2. The van der Waals surface area contributed by atoms with E-state index in [2.05, 4.69) is 0 Å². The van der Waals surface area contributed by atoms with Crippen LogP contribution in [0.2, 0.25) is 0 Å². The van der Waals surface area contributed by atoms with E-state index in [1.807, 2.05) is 18.7 Å². The van der Waals surface area contributed by atoms with Crippen molar-refractivity contribution in [3.63, 3.8) is 0 Å². The fraction of sp³-hybridized carbons (Fsp3) is 0.909. The first-order valence-corrected chi connectivity index (χ1v) is 5.81. The van der Waals surface area contributed by atoms with Crippen molar-refractivity contribution in [2.75, 3.05) is 19.8 Å². The summed E-state index contributed by atoms with van der Waals surface area (Å²) >= 11 is 0. The van der Waals surface area contributed by atoms with Gasteiger partial charge in [-0.15, -0.1) is 0 Å². The smallest absolute Gasteiger partial charge is 0.320 e. The molecule has 5 heteroatoms. The molecule has 0 aromatic rings. The first-order chi connectivity index (χ1) is 7.60. The van der Waals surface area contributed by atoms with Gasteiger partial charge in [0.05, 0.1) is 19.3 Å². The summed E-state index contributed by atoms with van der Waals surface area (Å²) in [6.45, 7) is 4.86. The van der Waals surface area contributed by atoms with Crippen LogP contribution in [0.1, 0.15) is 26.7 Å². The maximum atomic E-state index is 11.2. The standard InChI is InChI=1S/C11H21NO4/c1-3-4-10(11(14)15)12-5-9(6-13)16-7-8(12)2/h8-10,13H,3-7H2,1-2H3,(H,14,15). The monoisotopic (exact) mass is 231 g/mol. The van der Waals surface area contributed by atoms with Gasteiger partial charge in [-0.05, 0) is 13.3 Å². The number of ether oxygens (including phenoxy) is 1. The Hall–Kier alpha value is -0.650. The van der Waals surface area contributed by atoms with Crippen molar-refractivity contribution in [2.45, 2.75) is 44.9 Å². The summed E-state index contributed by atoms with van der Waals surface area (Å²) < 4.78 is 5.39. The van der Waals surface area contributed by atoms with E-state index in [9.17, 15) is 9.90 Å². The molecule has 0 bridgehead atoms. The molecule has 0 aliphatic carbocycles. The molecule has 2 N–H and O–H groups in total. The zero-order valence-corrected chi connectivity index (χ0v) is 9.93. The molecule has 1 saturated heterocycles. The van der Waals surface area contributed by atoms with Crippen LogP contribution in [0, 0.1) is 0 Å². The van der Waals surface area contributed by atoms with Gasteiger partial charge in [-0.3, -0.25) is 9.69 Å². The van der Waals surface area contributed by atoms with Crippen molar-refractivity contribution in [3.05, 3.63) is 0 Å². The number of hydrogen-bond acceptors (Lipinski definition) is 4. The van der Waals surface area contributed by atoms with Crippen LogP contribution in [-0.4, -0.2) is 59.0 Å². The van der Waals surface area contributed by atoms with Gasteiger partial charge < -0.3 is 14.9 Å². The average Bonchev–Trinajstić information content (AvgIpc) is 2.27. The van der Waals surface area contributed by atoms with Gasteiger partial charge in [0.2, 0.25) is 0 Å². The summed E-state index contributed by atoms with van der Waals surface area (Å²) in [5.41, 5.74) is 0. The minimum Gasteiger partial charge on any atom is -0.480 e. The Bertz CT molecular complexity index is 234. The summed E-state index contributed by atoms with van der Waals surface area (Å²) in [5.74, 6) is -0.785. The van der Waals surface area contributed by atoms with E-state index in [1.54, 1.807) is 0 Å². The Morgan fingerprint density at radius 1 is 1.62 bits per heavy atom. The molecule has 0 radical (unpaired) electrons. The van der Waals surface area contributed by atoms with Crippen molar-refractivity contribution in [1.82, 2.24) is 4.90 Å². The van der Waals surface area contributed by atoms with Crippen LogP contribution < -0.4 is 0 Å². The van der Waals surface area contributed by atoms with E-state index in [4.69, 9.17) is 9.84 Å². The Labute approximate surface area is 96.0 Å². The molecule has 16 heavy (non-hydrogen) atoms. The van der Waals surface area contributed by atoms with Crippen molar-refractivity contribution in [1.29, 1.82) is 0 Å². The van der Waals surface area contributed by atoms with Crippen molar-refractivity contribution in [2.24, 2.45) is 0 Å². The molecule has 1 aliphatic heterocycles. The molecule has 0 spiro atoms. The van der Waals surface area contributed by atoms with Crippen LogP contribution in [0.15, 0.2) is 0 Å². The van der Waals surface area contributed by atoms with Crippen LogP contribution in [0.4, 0.5) is 0 Å². The lowest BCUT2D eigenvalue weighted by atomic mass is 10.1. The van der Waals surface area contributed by atoms with E-state index in [0.29, 0.717) is 19.6 Å². The number of carboxylic acid groups (broad SMARTS) is 1. The number of carbonyl (C=O) groups is 1. The number of rotatable bonds is 5. The molecule has 0 amide bonds. The number of morpholine rings is 1. The minimum absolute atomic E-state index is 0.0539. The van der Waals surface area contributed by atoms with E-state index >= 15 is 0 Å². The summed E-state index contributed by atoms with van der Waals surface area (Å²) in [4.78, 5) is 13.1. The molecule has 3 unspecified atom stereocenters. The quantitative estimate of drug-likeness (QED) is 0.713. The van der Waals surface area contributed by atoms with Crippen LogP contribution in [0.5, 0.6) is 0 Å². The van der Waals surface area contributed by atoms with Crippen LogP contribution in [0.3, 0.4) is 0 Å². The largest absolute Gasteiger partial charge is 0.480 e. The number of nitrogens with zero attached hydrogens (tertiary/aromatic N) is 1. The third-order valence-electron chi connectivity index (χ3n) is 3.00. The van der Waals surface area contributed by atoms with Crippen LogP contribution in [0.25, 0.3) is 0 Å². The van der Waals surface area contributed by atoms with E-state index in [-0.39, 0.29) is 18.8 Å². The zero-order valence-electron chi connectivity index (χ0n) is 9.93. The zero-order chi connectivity index (χ0) is 12.1. The molecule has 5 nitrogen and oxygen atoms in total. The number of carboxylic acids is 1. The second kappa shape index (κ2) is 6.18. The number of aliphatic hydroxyl groups excluding tert-OH is 1. The fourth-order valence-electron chi connectivity index (χ4n) is 2.09. The van der Waals surface area contributed by atoms with Gasteiger partial charge in [0, 0.05) is 12.6 Å². The van der Waals surface area contributed by atoms with Crippen molar-refractivity contribution < 1.29 is 19.7 Å². The van der Waals surface area contributed by atoms with Crippen LogP contribution >= 0.6 is 0 Å². The maximum Gasteiger partial charge on any atom is 0.320 e. The van der Waals surface area contributed by atoms with E-state index in [0.717, 1.165) is 6.42 Å². The van der Waals surface area contributed by atoms with Gasteiger partial charge in [0.1, 0.15) is 6.04 Å². The third-order valence-corrected chi connectivity index (χ3v) is 3.00. The maximum absolute atomic E-state index is 11.2. The van der Waals surface area contributed by atoms with Gasteiger partial charge in [-0.1, -0.05) is 13.3 Å². The second-order valence-corrected chi connectivity index (χ2v) is 4.33. The molecule has 0 aromatic carbocycles. The molecule has 1 fully saturated rings. The lowest BCUT2D eigenvalue weighted by Crippen LogP contribution is -2.55. The highest BCUT2D eigenvalue weighted by Crippen LogP contribution is 2.18. The molecule has 1 aliphatic rings. The molecular weight excluding hydrogens is 210 g/mol. The Kier molecular flexibility index (Phi) is 5.18. The first kappa shape index (κ1) is 13.4. The van der Waals surface area contributed by atoms with E-state index < -0.39 is 12.0 Å². The molecule has 3 atom stereocenters. The predicted octanol–water partition coefficient (Wildman–Crippen LogP) is 0.321. The molecule has 0 saturated carbocycles. The highest BCUT2D eigenvalue weighted by molar-refractivity contribution is 5.73. The molecule has 94 valence electrons. The third kappa shape index (κ3) is 3.17. The average molecular weight is 231 g/mol.